The van der Waals surface area contributed by atoms with Crippen molar-refractivity contribution in [1.82, 2.24) is 15.5 Å². The van der Waals surface area contributed by atoms with Gasteiger partial charge in [-0.25, -0.2) is 0 Å². The van der Waals surface area contributed by atoms with Gasteiger partial charge in [0.15, 0.2) is 5.82 Å². The molecule has 1 heterocycles. The molecule has 0 radical (unpaired) electrons. The number of aromatic nitrogens is 2. The molecule has 100 valence electrons. The summed E-state index contributed by atoms with van der Waals surface area (Å²) in [7, 11) is 0. The normalized spacial score (nSPS) is 10.5. The molecule has 1 aromatic carbocycles. The summed E-state index contributed by atoms with van der Waals surface area (Å²) in [6, 6.07) is 5.40. The van der Waals surface area contributed by atoms with Crippen LogP contribution >= 0.6 is 31.9 Å². The molecule has 0 atom stereocenters. The molecule has 1 N–H and O–H groups in total. The highest BCUT2D eigenvalue weighted by Gasteiger charge is 2.10. The molecule has 0 aliphatic carbocycles. The first-order chi connectivity index (χ1) is 9.06. The highest BCUT2D eigenvalue weighted by atomic mass is 79.9. The largest absolute Gasteiger partial charge is 0.351 e. The lowest BCUT2D eigenvalue weighted by atomic mass is 10.2. The van der Waals surface area contributed by atoms with E-state index in [1.165, 1.54) is 0 Å². The molecule has 0 fully saturated rings. The predicted octanol–water partition coefficient (Wildman–Crippen LogP) is 2.88. The molecule has 2 aromatic rings. The average Bonchev–Trinajstić information content (AvgIpc) is 2.75. The first-order valence-corrected chi connectivity index (χ1v) is 7.17. The van der Waals surface area contributed by atoms with Crippen LogP contribution in [0.3, 0.4) is 0 Å². The number of aryl methyl sites for hydroxylation is 1. The van der Waals surface area contributed by atoms with Crippen LogP contribution in [0.1, 0.15) is 22.1 Å². The molecule has 19 heavy (non-hydrogen) atoms. The number of carbonyl (C=O) groups excluding carboxylic acids is 1. The van der Waals surface area contributed by atoms with E-state index in [4.69, 9.17) is 4.52 Å². The second-order valence-electron chi connectivity index (χ2n) is 3.87. The molecule has 0 bridgehead atoms. The van der Waals surface area contributed by atoms with Crippen molar-refractivity contribution in [3.63, 3.8) is 0 Å². The molecule has 0 aliphatic heterocycles. The van der Waals surface area contributed by atoms with Gasteiger partial charge >= 0.3 is 0 Å². The number of amides is 1. The van der Waals surface area contributed by atoms with Crippen LogP contribution in [-0.4, -0.2) is 22.6 Å². The first-order valence-electron chi connectivity index (χ1n) is 5.58. The van der Waals surface area contributed by atoms with Gasteiger partial charge in [-0.15, -0.1) is 0 Å². The number of halogens is 2. The Hall–Kier alpha value is -1.21. The highest BCUT2D eigenvalue weighted by Crippen LogP contribution is 2.21. The van der Waals surface area contributed by atoms with Crippen LogP contribution < -0.4 is 5.32 Å². The fourth-order valence-corrected chi connectivity index (χ4v) is 2.72. The van der Waals surface area contributed by atoms with Crippen LogP contribution in [0.2, 0.25) is 0 Å². The van der Waals surface area contributed by atoms with Gasteiger partial charge in [-0.1, -0.05) is 21.1 Å². The standard InChI is InChI=1S/C12H11Br2N3O2/c1-7-16-11(19-17-7)4-5-15-12(18)9-3-2-8(13)6-10(9)14/h2-3,6H,4-5H2,1H3,(H,15,18). The van der Waals surface area contributed by atoms with Gasteiger partial charge in [0.25, 0.3) is 5.91 Å². The molecular weight excluding hydrogens is 378 g/mol. The van der Waals surface area contributed by atoms with Crippen LogP contribution in [0.5, 0.6) is 0 Å². The smallest absolute Gasteiger partial charge is 0.252 e. The van der Waals surface area contributed by atoms with Crippen molar-refractivity contribution >= 4 is 37.8 Å². The number of nitrogens with one attached hydrogen (secondary N) is 1. The Labute approximate surface area is 127 Å². The summed E-state index contributed by atoms with van der Waals surface area (Å²) >= 11 is 6.70. The quantitative estimate of drug-likeness (QED) is 0.874. The van der Waals surface area contributed by atoms with Crippen molar-refractivity contribution in [2.75, 3.05) is 6.54 Å². The maximum absolute atomic E-state index is 11.9. The van der Waals surface area contributed by atoms with E-state index in [1.807, 2.05) is 12.1 Å². The Morgan fingerprint density at radius 1 is 1.42 bits per heavy atom. The zero-order valence-electron chi connectivity index (χ0n) is 10.1. The van der Waals surface area contributed by atoms with Crippen molar-refractivity contribution in [1.29, 1.82) is 0 Å². The summed E-state index contributed by atoms with van der Waals surface area (Å²) < 4.78 is 6.62. The van der Waals surface area contributed by atoms with Crippen LogP contribution in [0, 0.1) is 6.92 Å². The molecule has 1 amide bonds. The Morgan fingerprint density at radius 3 is 2.84 bits per heavy atom. The average molecular weight is 389 g/mol. The zero-order chi connectivity index (χ0) is 13.8. The minimum absolute atomic E-state index is 0.143. The number of benzene rings is 1. The lowest BCUT2D eigenvalue weighted by Crippen LogP contribution is -2.26. The molecule has 0 unspecified atom stereocenters. The van der Waals surface area contributed by atoms with E-state index in [0.717, 1.165) is 8.95 Å². The lowest BCUT2D eigenvalue weighted by Gasteiger charge is -2.06. The summed E-state index contributed by atoms with van der Waals surface area (Å²) in [5, 5.41) is 6.49. The maximum Gasteiger partial charge on any atom is 0.252 e. The zero-order valence-corrected chi connectivity index (χ0v) is 13.3. The van der Waals surface area contributed by atoms with E-state index in [1.54, 1.807) is 13.0 Å². The fourth-order valence-electron chi connectivity index (χ4n) is 1.49. The van der Waals surface area contributed by atoms with Crippen LogP contribution in [0.15, 0.2) is 31.7 Å². The number of nitrogens with zero attached hydrogens (tertiary/aromatic N) is 2. The van der Waals surface area contributed by atoms with E-state index in [9.17, 15) is 4.79 Å². The lowest BCUT2D eigenvalue weighted by molar-refractivity contribution is 0.0952. The number of hydrogen-bond donors (Lipinski definition) is 1. The van der Waals surface area contributed by atoms with Gasteiger partial charge in [-0.2, -0.15) is 4.98 Å². The van der Waals surface area contributed by atoms with Crippen molar-refractivity contribution in [2.45, 2.75) is 13.3 Å². The molecular formula is C12H11Br2N3O2. The number of carbonyl (C=O) groups is 1. The van der Waals surface area contributed by atoms with Gasteiger partial charge in [0, 0.05) is 21.9 Å². The van der Waals surface area contributed by atoms with E-state index in [2.05, 4.69) is 47.3 Å². The molecule has 0 saturated heterocycles. The minimum atomic E-state index is -0.143. The summed E-state index contributed by atoms with van der Waals surface area (Å²) in [5.74, 6) is 0.972. The minimum Gasteiger partial charge on any atom is -0.351 e. The molecule has 5 nitrogen and oxygen atoms in total. The summed E-state index contributed by atoms with van der Waals surface area (Å²) in [6.45, 7) is 2.20. The van der Waals surface area contributed by atoms with Crippen LogP contribution in [-0.2, 0) is 6.42 Å². The van der Waals surface area contributed by atoms with Crippen molar-refractivity contribution in [2.24, 2.45) is 0 Å². The Morgan fingerprint density at radius 2 is 2.21 bits per heavy atom. The summed E-state index contributed by atoms with van der Waals surface area (Å²) in [6.07, 6.45) is 0.515. The Kier molecular flexibility index (Phi) is 4.71. The molecule has 1 aromatic heterocycles. The maximum atomic E-state index is 11.9. The molecule has 2 rings (SSSR count). The number of rotatable bonds is 4. The van der Waals surface area contributed by atoms with Crippen molar-refractivity contribution in [3.05, 3.63) is 44.4 Å². The second kappa shape index (κ2) is 6.29. The third-order valence-corrected chi connectivity index (χ3v) is 3.52. The summed E-state index contributed by atoms with van der Waals surface area (Å²) in [5.41, 5.74) is 0.588. The Bertz CT molecular complexity index is 598. The van der Waals surface area contributed by atoms with E-state index in [-0.39, 0.29) is 5.91 Å². The SMILES string of the molecule is Cc1noc(CCNC(=O)c2ccc(Br)cc2Br)n1. The summed E-state index contributed by atoms with van der Waals surface area (Å²) in [4.78, 5) is 16.0. The van der Waals surface area contributed by atoms with Gasteiger partial charge in [0.1, 0.15) is 0 Å². The molecule has 0 aliphatic rings. The van der Waals surface area contributed by atoms with Crippen molar-refractivity contribution in [3.8, 4) is 0 Å². The van der Waals surface area contributed by atoms with Gasteiger partial charge < -0.3 is 9.84 Å². The van der Waals surface area contributed by atoms with E-state index in [0.29, 0.717) is 30.2 Å². The van der Waals surface area contributed by atoms with Crippen molar-refractivity contribution < 1.29 is 9.32 Å². The molecule has 0 saturated carbocycles. The molecule has 7 heteroatoms. The van der Waals surface area contributed by atoms with Gasteiger partial charge in [-0.05, 0) is 41.1 Å². The van der Waals surface area contributed by atoms with Crippen LogP contribution in [0.4, 0.5) is 0 Å². The van der Waals surface area contributed by atoms with Crippen LogP contribution in [0.25, 0.3) is 0 Å². The third-order valence-electron chi connectivity index (χ3n) is 2.37. The second-order valence-corrected chi connectivity index (χ2v) is 5.64. The number of hydrogen-bond acceptors (Lipinski definition) is 4. The van der Waals surface area contributed by atoms with Gasteiger partial charge in [0.05, 0.1) is 5.56 Å². The fraction of sp³-hybridized carbons (Fsp3) is 0.250. The van der Waals surface area contributed by atoms with Gasteiger partial charge in [0.2, 0.25) is 5.89 Å². The molecule has 0 spiro atoms. The first kappa shape index (κ1) is 14.2. The Balaban J connectivity index is 1.90. The topological polar surface area (TPSA) is 68.0 Å². The van der Waals surface area contributed by atoms with E-state index < -0.39 is 0 Å². The monoisotopic (exact) mass is 387 g/mol. The van der Waals surface area contributed by atoms with E-state index >= 15 is 0 Å². The van der Waals surface area contributed by atoms with Gasteiger partial charge in [-0.3, -0.25) is 4.79 Å². The predicted molar refractivity (Wildman–Crippen MR) is 76.9 cm³/mol. The highest BCUT2D eigenvalue weighted by molar-refractivity contribution is 9.11. The third kappa shape index (κ3) is 3.87.